The Morgan fingerprint density at radius 2 is 1.72 bits per heavy atom. The summed E-state index contributed by atoms with van der Waals surface area (Å²) in [5.41, 5.74) is 3.03. The van der Waals surface area contributed by atoms with Gasteiger partial charge in [0.05, 0.1) is 23.9 Å². The first-order valence-corrected chi connectivity index (χ1v) is 7.69. The van der Waals surface area contributed by atoms with Gasteiger partial charge in [0.1, 0.15) is 11.6 Å². The number of hydrogen-bond donors (Lipinski definition) is 0. The van der Waals surface area contributed by atoms with Crippen molar-refractivity contribution in [2.75, 3.05) is 7.11 Å². The summed E-state index contributed by atoms with van der Waals surface area (Å²) >= 11 is 0. The Balaban J connectivity index is 1.77. The van der Waals surface area contributed by atoms with Crippen LogP contribution >= 0.6 is 0 Å². The number of ether oxygens (including phenoxy) is 1. The topological polar surface area (TPSA) is 61.0 Å². The SMILES string of the molecule is COc1ccc2cc(-c3nnc(-c4ccc(F)cc4)o3)c(C)nc2c1. The highest BCUT2D eigenvalue weighted by Gasteiger charge is 2.14. The summed E-state index contributed by atoms with van der Waals surface area (Å²) in [6.07, 6.45) is 0. The zero-order valence-corrected chi connectivity index (χ0v) is 13.7. The van der Waals surface area contributed by atoms with E-state index in [9.17, 15) is 4.39 Å². The Bertz CT molecular complexity index is 1060. The van der Waals surface area contributed by atoms with Crippen LogP contribution in [0.3, 0.4) is 0 Å². The average molecular weight is 335 g/mol. The van der Waals surface area contributed by atoms with Gasteiger partial charge in [-0.2, -0.15) is 0 Å². The summed E-state index contributed by atoms with van der Waals surface area (Å²) in [7, 11) is 1.62. The second-order valence-corrected chi connectivity index (χ2v) is 5.60. The van der Waals surface area contributed by atoms with Crippen molar-refractivity contribution in [3.8, 4) is 28.7 Å². The third-order valence-electron chi connectivity index (χ3n) is 3.96. The van der Waals surface area contributed by atoms with Crippen molar-refractivity contribution in [2.24, 2.45) is 0 Å². The van der Waals surface area contributed by atoms with Gasteiger partial charge in [-0.3, -0.25) is 4.98 Å². The molecular formula is C19H14FN3O2. The van der Waals surface area contributed by atoms with Crippen molar-refractivity contribution in [2.45, 2.75) is 6.92 Å². The molecule has 5 nitrogen and oxygen atoms in total. The number of fused-ring (bicyclic) bond motifs is 1. The van der Waals surface area contributed by atoms with Crippen LogP contribution in [0.5, 0.6) is 5.75 Å². The molecule has 0 amide bonds. The van der Waals surface area contributed by atoms with Crippen molar-refractivity contribution in [3.63, 3.8) is 0 Å². The zero-order valence-electron chi connectivity index (χ0n) is 13.7. The van der Waals surface area contributed by atoms with E-state index < -0.39 is 0 Å². The largest absolute Gasteiger partial charge is 0.497 e. The van der Waals surface area contributed by atoms with E-state index in [1.807, 2.05) is 31.2 Å². The molecule has 0 saturated carbocycles. The molecule has 2 aromatic carbocycles. The van der Waals surface area contributed by atoms with Crippen LogP contribution in [0, 0.1) is 12.7 Å². The van der Waals surface area contributed by atoms with Crippen LogP contribution < -0.4 is 4.74 Å². The van der Waals surface area contributed by atoms with E-state index >= 15 is 0 Å². The molecule has 6 heteroatoms. The molecule has 0 aliphatic heterocycles. The predicted molar refractivity (Wildman–Crippen MR) is 91.7 cm³/mol. The molecule has 0 unspecified atom stereocenters. The summed E-state index contributed by atoms with van der Waals surface area (Å²) in [5, 5.41) is 9.11. The normalized spacial score (nSPS) is 11.0. The molecule has 0 saturated heterocycles. The van der Waals surface area contributed by atoms with Gasteiger partial charge in [0.2, 0.25) is 11.8 Å². The smallest absolute Gasteiger partial charge is 0.250 e. The van der Waals surface area contributed by atoms with E-state index in [-0.39, 0.29) is 5.82 Å². The van der Waals surface area contributed by atoms with E-state index in [4.69, 9.17) is 9.15 Å². The number of rotatable bonds is 3. The molecular weight excluding hydrogens is 321 g/mol. The predicted octanol–water partition coefficient (Wildman–Crippen LogP) is 4.41. The number of aromatic nitrogens is 3. The van der Waals surface area contributed by atoms with Crippen LogP contribution in [-0.4, -0.2) is 22.3 Å². The highest BCUT2D eigenvalue weighted by atomic mass is 19.1. The molecule has 0 N–H and O–H groups in total. The fourth-order valence-corrected chi connectivity index (χ4v) is 2.63. The molecule has 124 valence electrons. The fourth-order valence-electron chi connectivity index (χ4n) is 2.63. The van der Waals surface area contributed by atoms with Crippen LogP contribution in [0.2, 0.25) is 0 Å². The van der Waals surface area contributed by atoms with Crippen LogP contribution in [0.1, 0.15) is 5.69 Å². The summed E-state index contributed by atoms with van der Waals surface area (Å²) < 4.78 is 24.0. The van der Waals surface area contributed by atoms with Gasteiger partial charge in [-0.05, 0) is 49.4 Å². The van der Waals surface area contributed by atoms with Crippen molar-refractivity contribution < 1.29 is 13.5 Å². The summed E-state index contributed by atoms with van der Waals surface area (Å²) in [6.45, 7) is 1.88. The lowest BCUT2D eigenvalue weighted by atomic mass is 10.1. The van der Waals surface area contributed by atoms with Gasteiger partial charge >= 0.3 is 0 Å². The molecule has 2 aromatic heterocycles. The molecule has 0 aliphatic carbocycles. The minimum atomic E-state index is -0.312. The van der Waals surface area contributed by atoms with E-state index in [0.29, 0.717) is 17.3 Å². The third kappa shape index (κ3) is 2.82. The van der Waals surface area contributed by atoms with Gasteiger partial charge in [0.25, 0.3) is 0 Å². The lowest BCUT2D eigenvalue weighted by molar-refractivity contribution is 0.415. The number of benzene rings is 2. The third-order valence-corrected chi connectivity index (χ3v) is 3.96. The van der Waals surface area contributed by atoms with Crippen LogP contribution in [-0.2, 0) is 0 Å². The highest BCUT2D eigenvalue weighted by Crippen LogP contribution is 2.29. The second kappa shape index (κ2) is 5.98. The lowest BCUT2D eigenvalue weighted by Gasteiger charge is -2.06. The molecule has 0 bridgehead atoms. The van der Waals surface area contributed by atoms with Crippen LogP contribution in [0.4, 0.5) is 4.39 Å². The van der Waals surface area contributed by atoms with E-state index in [2.05, 4.69) is 15.2 Å². The Labute approximate surface area is 143 Å². The molecule has 0 radical (unpaired) electrons. The molecule has 0 aliphatic rings. The standard InChI is InChI=1S/C19H14FN3O2/c1-11-16(9-13-5-8-15(24-2)10-17(13)21-11)19-23-22-18(25-19)12-3-6-14(20)7-4-12/h3-10H,1-2H3. The van der Waals surface area contributed by atoms with Gasteiger partial charge in [0.15, 0.2) is 0 Å². The number of nitrogens with zero attached hydrogens (tertiary/aromatic N) is 3. The van der Waals surface area contributed by atoms with E-state index in [0.717, 1.165) is 27.9 Å². The maximum absolute atomic E-state index is 13.0. The highest BCUT2D eigenvalue weighted by molar-refractivity contribution is 5.84. The molecule has 0 spiro atoms. The van der Waals surface area contributed by atoms with Gasteiger partial charge in [-0.25, -0.2) is 4.39 Å². The summed E-state index contributed by atoms with van der Waals surface area (Å²) in [5.74, 6) is 1.16. The Kier molecular flexibility index (Phi) is 3.65. The first-order valence-electron chi connectivity index (χ1n) is 7.69. The van der Waals surface area contributed by atoms with Gasteiger partial charge in [-0.1, -0.05) is 0 Å². The van der Waals surface area contributed by atoms with Gasteiger partial charge in [0, 0.05) is 17.0 Å². The molecule has 2 heterocycles. The number of methoxy groups -OCH3 is 1. The average Bonchev–Trinajstić information content (AvgIpc) is 3.11. The first-order chi connectivity index (χ1) is 12.1. The van der Waals surface area contributed by atoms with E-state index in [1.165, 1.54) is 12.1 Å². The number of hydrogen-bond acceptors (Lipinski definition) is 5. The lowest BCUT2D eigenvalue weighted by Crippen LogP contribution is -1.91. The Morgan fingerprint density at radius 1 is 0.960 bits per heavy atom. The minimum Gasteiger partial charge on any atom is -0.497 e. The van der Waals surface area contributed by atoms with Crippen molar-refractivity contribution >= 4 is 10.9 Å². The molecule has 25 heavy (non-hydrogen) atoms. The number of halogens is 1. The first kappa shape index (κ1) is 15.3. The minimum absolute atomic E-state index is 0.312. The molecule has 4 rings (SSSR count). The Morgan fingerprint density at radius 3 is 2.48 bits per heavy atom. The van der Waals surface area contributed by atoms with Gasteiger partial charge in [-0.15, -0.1) is 10.2 Å². The number of aryl methyl sites for hydroxylation is 1. The van der Waals surface area contributed by atoms with Crippen molar-refractivity contribution in [1.29, 1.82) is 0 Å². The molecule has 0 atom stereocenters. The van der Waals surface area contributed by atoms with Crippen molar-refractivity contribution in [1.82, 2.24) is 15.2 Å². The molecule has 4 aromatic rings. The van der Waals surface area contributed by atoms with Crippen LogP contribution in [0.25, 0.3) is 33.8 Å². The zero-order chi connectivity index (χ0) is 17.4. The van der Waals surface area contributed by atoms with Crippen molar-refractivity contribution in [3.05, 3.63) is 60.0 Å². The molecule has 0 fully saturated rings. The quantitative estimate of drug-likeness (QED) is 0.555. The number of pyridine rings is 1. The fraction of sp³-hybridized carbons (Fsp3) is 0.105. The van der Waals surface area contributed by atoms with Gasteiger partial charge < -0.3 is 9.15 Å². The maximum Gasteiger partial charge on any atom is 0.250 e. The monoisotopic (exact) mass is 335 g/mol. The maximum atomic E-state index is 13.0. The summed E-state index contributed by atoms with van der Waals surface area (Å²) in [4.78, 5) is 4.60. The second-order valence-electron chi connectivity index (χ2n) is 5.60. The van der Waals surface area contributed by atoms with Crippen LogP contribution in [0.15, 0.2) is 52.9 Å². The summed E-state index contributed by atoms with van der Waals surface area (Å²) in [6, 6.07) is 13.6. The van der Waals surface area contributed by atoms with E-state index in [1.54, 1.807) is 19.2 Å². The Hall–Kier alpha value is -3.28.